The maximum Gasteiger partial charge on any atom is 0.265 e. The summed E-state index contributed by atoms with van der Waals surface area (Å²) in [4.78, 5) is 15.7. The molecule has 0 radical (unpaired) electrons. The maximum absolute atomic E-state index is 12.4. The van der Waals surface area contributed by atoms with Crippen LogP contribution in [-0.4, -0.2) is 41.7 Å². The summed E-state index contributed by atoms with van der Waals surface area (Å²) in [5.74, 6) is 0.900. The van der Waals surface area contributed by atoms with E-state index in [1.54, 1.807) is 7.05 Å². The molecule has 146 valence electrons. The average Bonchev–Trinajstić information content (AvgIpc) is 3.02. The fraction of sp³-hybridized carbons (Fsp3) is 0.562. The molecule has 3 heterocycles. The average molecular weight is 395 g/mol. The Balaban J connectivity index is 1.35. The minimum Gasteiger partial charge on any atom is -0.364 e. The lowest BCUT2D eigenvalue weighted by Crippen LogP contribution is -2.31. The Morgan fingerprint density at radius 2 is 2.15 bits per heavy atom. The molecule has 0 bridgehead atoms. The number of amides is 1. The fourth-order valence-corrected chi connectivity index (χ4v) is 4.27. The second-order valence-corrected chi connectivity index (χ2v) is 8.74. The first-order valence-corrected chi connectivity index (χ1v) is 10.3. The number of ether oxygens (including phenoxy) is 1. The second kappa shape index (κ2) is 6.73. The van der Waals surface area contributed by atoms with Crippen molar-refractivity contribution >= 4 is 15.9 Å². The highest BCUT2D eigenvalue weighted by Crippen LogP contribution is 2.39. The highest BCUT2D eigenvalue weighted by Gasteiger charge is 2.34. The summed E-state index contributed by atoms with van der Waals surface area (Å²) < 4.78 is 39.9. The van der Waals surface area contributed by atoms with Crippen LogP contribution >= 0.6 is 0 Å². The van der Waals surface area contributed by atoms with Gasteiger partial charge in [0.15, 0.2) is 5.82 Å². The molecule has 2 atom stereocenters. The Morgan fingerprint density at radius 1 is 1.37 bits per heavy atom. The molecule has 2 aromatic rings. The maximum atomic E-state index is 12.4. The van der Waals surface area contributed by atoms with Crippen molar-refractivity contribution in [1.82, 2.24) is 19.4 Å². The van der Waals surface area contributed by atoms with E-state index in [0.29, 0.717) is 24.7 Å². The molecule has 2 fully saturated rings. The van der Waals surface area contributed by atoms with Gasteiger partial charge in [-0.3, -0.25) is 4.79 Å². The van der Waals surface area contributed by atoms with Crippen LogP contribution in [-0.2, 0) is 21.8 Å². The molecule has 1 aliphatic carbocycles. The molecule has 1 amide bonds. The number of rotatable bonds is 7. The Morgan fingerprint density at radius 3 is 2.81 bits per heavy atom. The van der Waals surface area contributed by atoms with Crippen LogP contribution < -0.4 is 10.5 Å². The molecule has 1 saturated carbocycles. The Labute approximate surface area is 156 Å². The van der Waals surface area contributed by atoms with Crippen molar-refractivity contribution < 1.29 is 22.5 Å². The topological polar surface area (TPSA) is 142 Å². The summed E-state index contributed by atoms with van der Waals surface area (Å²) in [6.07, 6.45) is 4.29. The van der Waals surface area contributed by atoms with Crippen LogP contribution in [0.3, 0.4) is 0 Å². The van der Waals surface area contributed by atoms with Gasteiger partial charge in [0.05, 0.1) is 6.10 Å². The molecule has 0 unspecified atom stereocenters. The molecule has 0 aromatic carbocycles. The predicted molar refractivity (Wildman–Crippen MR) is 92.2 cm³/mol. The monoisotopic (exact) mass is 395 g/mol. The lowest BCUT2D eigenvalue weighted by molar-refractivity contribution is 0.0290. The quantitative estimate of drug-likeness (QED) is 0.698. The van der Waals surface area contributed by atoms with Crippen molar-refractivity contribution in [1.29, 1.82) is 0 Å². The third-order valence-electron chi connectivity index (χ3n) is 4.83. The van der Waals surface area contributed by atoms with Gasteiger partial charge >= 0.3 is 0 Å². The third kappa shape index (κ3) is 3.75. The number of aryl methyl sites for hydroxylation is 1. The minimum absolute atomic E-state index is 0.0145. The highest BCUT2D eigenvalue weighted by molar-refractivity contribution is 7.89. The van der Waals surface area contributed by atoms with Crippen LogP contribution in [0.4, 0.5) is 0 Å². The molecule has 2 aromatic heterocycles. The molecule has 1 aliphatic heterocycles. The van der Waals surface area contributed by atoms with Gasteiger partial charge in [-0.1, -0.05) is 5.16 Å². The van der Waals surface area contributed by atoms with Gasteiger partial charge in [0.1, 0.15) is 16.7 Å². The Hall–Kier alpha value is -2.24. The van der Waals surface area contributed by atoms with Crippen LogP contribution in [0.5, 0.6) is 0 Å². The van der Waals surface area contributed by atoms with Gasteiger partial charge in [0, 0.05) is 25.7 Å². The van der Waals surface area contributed by atoms with Crippen molar-refractivity contribution in [2.45, 2.75) is 48.7 Å². The van der Waals surface area contributed by atoms with Crippen molar-refractivity contribution in [3.63, 3.8) is 0 Å². The van der Waals surface area contributed by atoms with Crippen LogP contribution in [0.1, 0.15) is 59.9 Å². The van der Waals surface area contributed by atoms with E-state index in [-0.39, 0.29) is 29.3 Å². The number of aromatic nitrogens is 3. The highest BCUT2D eigenvalue weighted by atomic mass is 32.2. The second-order valence-electron chi connectivity index (χ2n) is 6.98. The molecule has 10 nitrogen and oxygen atoms in total. The van der Waals surface area contributed by atoms with Gasteiger partial charge in [-0.15, -0.1) is 0 Å². The van der Waals surface area contributed by atoms with Gasteiger partial charge < -0.3 is 19.6 Å². The number of hydrogen-bond donors (Lipinski definition) is 2. The molecule has 1 saturated heterocycles. The Bertz CT molecular complexity index is 962. The van der Waals surface area contributed by atoms with E-state index in [9.17, 15) is 13.2 Å². The number of nitrogens with one attached hydrogen (secondary N) is 1. The summed E-state index contributed by atoms with van der Waals surface area (Å²) in [6.45, 7) is 0.114. The first-order chi connectivity index (χ1) is 12.8. The number of sulfonamides is 1. The van der Waals surface area contributed by atoms with E-state index in [1.165, 1.54) is 16.8 Å². The molecule has 0 spiro atoms. The van der Waals surface area contributed by atoms with Crippen molar-refractivity contribution in [2.24, 2.45) is 12.8 Å². The summed E-state index contributed by atoms with van der Waals surface area (Å²) in [5.41, 5.74) is 5.35. The number of nitrogens with two attached hydrogens (primary N) is 1. The number of primary amides is 1. The summed E-state index contributed by atoms with van der Waals surface area (Å²) in [6, 6.07) is 1.25. The predicted octanol–water partition coefficient (Wildman–Crippen LogP) is 0.583. The van der Waals surface area contributed by atoms with Crippen LogP contribution in [0.15, 0.2) is 21.7 Å². The zero-order valence-electron chi connectivity index (χ0n) is 14.8. The summed E-state index contributed by atoms with van der Waals surface area (Å²) in [5, 5.41) is 3.98. The van der Waals surface area contributed by atoms with Crippen molar-refractivity contribution in [3.05, 3.63) is 29.7 Å². The zero-order valence-corrected chi connectivity index (χ0v) is 15.6. The van der Waals surface area contributed by atoms with Gasteiger partial charge in [-0.25, -0.2) is 13.1 Å². The summed E-state index contributed by atoms with van der Waals surface area (Å²) in [7, 11) is -2.21. The van der Waals surface area contributed by atoms with Crippen molar-refractivity contribution in [3.8, 4) is 0 Å². The molecule has 27 heavy (non-hydrogen) atoms. The third-order valence-corrected chi connectivity index (χ3v) is 6.22. The van der Waals surface area contributed by atoms with Gasteiger partial charge in [0.25, 0.3) is 11.8 Å². The van der Waals surface area contributed by atoms with Crippen LogP contribution in [0.2, 0.25) is 0 Å². The first-order valence-electron chi connectivity index (χ1n) is 8.78. The smallest absolute Gasteiger partial charge is 0.265 e. The first kappa shape index (κ1) is 18.1. The number of carbonyl (C=O) groups is 1. The van der Waals surface area contributed by atoms with E-state index < -0.39 is 15.9 Å². The SMILES string of the molecule is Cn1cc(S(=O)(=O)NC[C@H]2CC[C@@H](c3nc(C4CC4)no3)O2)cc1C(N)=O. The Kier molecular flexibility index (Phi) is 4.52. The van der Waals surface area contributed by atoms with E-state index in [0.717, 1.165) is 18.7 Å². The van der Waals surface area contributed by atoms with Gasteiger partial charge in [0.2, 0.25) is 10.0 Å². The lowest BCUT2D eigenvalue weighted by atomic mass is 10.2. The number of hydrogen-bond acceptors (Lipinski definition) is 7. The van der Waals surface area contributed by atoms with E-state index in [4.69, 9.17) is 15.0 Å². The minimum atomic E-state index is -3.77. The number of carbonyl (C=O) groups excluding carboxylic acids is 1. The molecule has 4 rings (SSSR count). The van der Waals surface area contributed by atoms with Crippen molar-refractivity contribution in [2.75, 3.05) is 6.54 Å². The van der Waals surface area contributed by atoms with Crippen LogP contribution in [0, 0.1) is 0 Å². The largest absolute Gasteiger partial charge is 0.364 e. The van der Waals surface area contributed by atoms with Gasteiger partial charge in [-0.2, -0.15) is 4.98 Å². The standard InChI is InChI=1S/C16H21N5O5S/c1-21-8-11(6-12(21)14(17)22)27(23,24)18-7-10-4-5-13(25-10)16-19-15(20-26-16)9-2-3-9/h6,8-10,13,18H,2-5,7H2,1H3,(H2,17,22)/t10-,13+/m1/s1. The summed E-state index contributed by atoms with van der Waals surface area (Å²) >= 11 is 0. The molecular weight excluding hydrogens is 374 g/mol. The fourth-order valence-electron chi connectivity index (χ4n) is 3.14. The molecule has 3 N–H and O–H groups in total. The molecule has 11 heteroatoms. The lowest BCUT2D eigenvalue weighted by Gasteiger charge is -2.12. The van der Waals surface area contributed by atoms with E-state index in [2.05, 4.69) is 14.9 Å². The molecular formula is C16H21N5O5S. The van der Waals surface area contributed by atoms with Crippen LogP contribution in [0.25, 0.3) is 0 Å². The van der Waals surface area contributed by atoms with Gasteiger partial charge in [-0.05, 0) is 31.7 Å². The zero-order chi connectivity index (χ0) is 19.2. The normalized spacial score (nSPS) is 23.0. The van der Waals surface area contributed by atoms with E-state index in [1.807, 2.05) is 0 Å². The van der Waals surface area contributed by atoms with E-state index >= 15 is 0 Å². The molecule has 2 aliphatic rings. The number of nitrogens with zero attached hydrogens (tertiary/aromatic N) is 3.